The van der Waals surface area contributed by atoms with Crippen LogP contribution in [0.5, 0.6) is 40.2 Å². The van der Waals surface area contributed by atoms with Gasteiger partial charge in [0, 0.05) is 0 Å². The molecule has 4 N–H and O–H groups in total. The van der Waals surface area contributed by atoms with Gasteiger partial charge in [0.15, 0.2) is 28.9 Å². The molecule has 0 unspecified atom stereocenters. The van der Waals surface area contributed by atoms with Gasteiger partial charge >= 0.3 is 0 Å². The normalized spacial score (nSPS) is 11.3. The van der Waals surface area contributed by atoms with Gasteiger partial charge in [-0.05, 0) is 122 Å². The molecular formula is C34H32F2O14S3. The van der Waals surface area contributed by atoms with E-state index < -0.39 is 42.0 Å². The predicted octanol–water partition coefficient (Wildman–Crippen LogP) is 7.00. The summed E-state index contributed by atoms with van der Waals surface area (Å²) in [5, 5.41) is 8.75. The average molecular weight is 799 g/mol. The van der Waals surface area contributed by atoms with Crippen LogP contribution in [0, 0.1) is 25.5 Å². The Bertz CT molecular complexity index is 2250. The third-order valence-electron chi connectivity index (χ3n) is 6.55. The Morgan fingerprint density at radius 3 is 1.09 bits per heavy atom. The number of aryl methyl sites for hydroxylation is 2. The third kappa shape index (κ3) is 12.4. The Kier molecular flexibility index (Phi) is 13.9. The zero-order valence-corrected chi connectivity index (χ0v) is 30.5. The summed E-state index contributed by atoms with van der Waals surface area (Å²) in [5.41, 5.74) is 1.30. The molecule has 0 aliphatic heterocycles. The summed E-state index contributed by atoms with van der Waals surface area (Å²) in [4.78, 5) is -0.767. The second kappa shape index (κ2) is 17.5. The van der Waals surface area contributed by atoms with Gasteiger partial charge in [0.1, 0.15) is 17.2 Å². The number of hydrogen-bond acceptors (Lipinski definition) is 11. The number of benzene rings is 5. The van der Waals surface area contributed by atoms with E-state index in [1.54, 1.807) is 26.0 Å². The number of ether oxygens (including phenoxy) is 4. The standard InChI is InChI=1S/C20H18O9S2.C8H8F2O.C6H6O4S/c1-13-11-18(28-14-3-7-16(8-4-14)30(21,22)23)20(27-2)19(12-13)29-15-5-9-17(10-6-15)31(24,25)26;1-5-3-6(9)8(11-2)7(10)4-5;7-5-1-3-6(4-2-5)11(8,9)10/h3-12H,1-2H3,(H,21,22,23)(H,24,25,26);3-4H,1-2H3;1-4,7H,(H,8,9,10). The van der Waals surface area contributed by atoms with Gasteiger partial charge in [-0.2, -0.15) is 25.3 Å². The Balaban J connectivity index is 0.000000278. The maximum Gasteiger partial charge on any atom is 0.294 e. The van der Waals surface area contributed by atoms with Crippen LogP contribution in [-0.2, 0) is 30.4 Å². The van der Waals surface area contributed by atoms with E-state index in [0.717, 1.165) is 17.7 Å². The minimum absolute atomic E-state index is 0.0441. The number of aromatic hydroxyl groups is 1. The smallest absolute Gasteiger partial charge is 0.294 e. The van der Waals surface area contributed by atoms with Crippen molar-refractivity contribution in [1.82, 2.24) is 0 Å². The number of methoxy groups -OCH3 is 2. The number of halogens is 2. The molecule has 0 bridgehead atoms. The summed E-state index contributed by atoms with van der Waals surface area (Å²) in [6.45, 7) is 3.41. The summed E-state index contributed by atoms with van der Waals surface area (Å²) in [7, 11) is -10.1. The fraction of sp³-hybridized carbons (Fsp3) is 0.118. The highest BCUT2D eigenvalue weighted by Crippen LogP contribution is 2.42. The van der Waals surface area contributed by atoms with E-state index in [4.69, 9.17) is 33.0 Å². The maximum atomic E-state index is 12.7. The fourth-order valence-corrected chi connectivity index (χ4v) is 5.61. The van der Waals surface area contributed by atoms with Crippen molar-refractivity contribution >= 4 is 30.4 Å². The molecule has 284 valence electrons. The largest absolute Gasteiger partial charge is 0.508 e. The number of rotatable bonds is 9. The molecule has 0 saturated carbocycles. The summed E-state index contributed by atoms with van der Waals surface area (Å²) < 4.78 is 139. The highest BCUT2D eigenvalue weighted by Gasteiger charge is 2.17. The molecule has 5 aromatic carbocycles. The van der Waals surface area contributed by atoms with Gasteiger partial charge in [-0.1, -0.05) is 0 Å². The van der Waals surface area contributed by atoms with E-state index in [-0.39, 0.29) is 43.4 Å². The molecule has 0 fully saturated rings. The molecule has 14 nitrogen and oxygen atoms in total. The van der Waals surface area contributed by atoms with Crippen molar-refractivity contribution < 1.29 is 71.7 Å². The first-order valence-corrected chi connectivity index (χ1v) is 18.9. The fourth-order valence-electron chi connectivity index (χ4n) is 4.17. The second-order valence-corrected chi connectivity index (χ2v) is 14.9. The Morgan fingerprint density at radius 2 is 0.792 bits per heavy atom. The van der Waals surface area contributed by atoms with Gasteiger partial charge in [0.25, 0.3) is 30.4 Å². The molecule has 19 heteroatoms. The van der Waals surface area contributed by atoms with Gasteiger partial charge in [-0.3, -0.25) is 13.7 Å². The SMILES string of the molecule is COc1c(F)cc(C)cc1F.COc1c(Oc2ccc(S(=O)(=O)O)cc2)cc(C)cc1Oc1ccc(S(=O)(=O)O)cc1.O=S(=O)(O)c1ccc(O)cc1. The van der Waals surface area contributed by atoms with Crippen LogP contribution in [0.25, 0.3) is 0 Å². The Hall–Kier alpha value is -5.31. The first kappa shape index (κ1) is 42.1. The molecule has 5 rings (SSSR count). The molecule has 0 aromatic heterocycles. The number of phenols is 1. The van der Waals surface area contributed by atoms with Crippen LogP contribution in [-0.4, -0.2) is 58.2 Å². The van der Waals surface area contributed by atoms with Gasteiger partial charge in [0.2, 0.25) is 5.75 Å². The summed E-state index contributed by atoms with van der Waals surface area (Å²) >= 11 is 0. The van der Waals surface area contributed by atoms with Crippen molar-refractivity contribution in [2.75, 3.05) is 14.2 Å². The lowest BCUT2D eigenvalue weighted by molar-refractivity contribution is 0.352. The van der Waals surface area contributed by atoms with Crippen LogP contribution in [0.3, 0.4) is 0 Å². The quantitative estimate of drug-likeness (QED) is 0.110. The van der Waals surface area contributed by atoms with Crippen LogP contribution >= 0.6 is 0 Å². The highest BCUT2D eigenvalue weighted by atomic mass is 32.2. The van der Waals surface area contributed by atoms with E-state index in [2.05, 4.69) is 4.74 Å². The summed E-state index contributed by atoms with van der Waals surface area (Å²) in [6, 6.07) is 20.7. The summed E-state index contributed by atoms with van der Waals surface area (Å²) in [5.74, 6) is -0.302. The first-order valence-electron chi connectivity index (χ1n) is 14.6. The van der Waals surface area contributed by atoms with Crippen LogP contribution in [0.1, 0.15) is 11.1 Å². The summed E-state index contributed by atoms with van der Waals surface area (Å²) in [6.07, 6.45) is 0. The van der Waals surface area contributed by atoms with Gasteiger partial charge in [0.05, 0.1) is 28.9 Å². The first-order chi connectivity index (χ1) is 24.6. The highest BCUT2D eigenvalue weighted by molar-refractivity contribution is 7.86. The van der Waals surface area contributed by atoms with E-state index in [0.29, 0.717) is 17.1 Å². The van der Waals surface area contributed by atoms with E-state index in [9.17, 15) is 34.0 Å². The lowest BCUT2D eigenvalue weighted by atomic mass is 10.2. The third-order valence-corrected chi connectivity index (χ3v) is 9.15. The topological polar surface area (TPSA) is 220 Å². The van der Waals surface area contributed by atoms with Crippen LogP contribution in [0.4, 0.5) is 8.78 Å². The number of hydrogen-bond donors (Lipinski definition) is 4. The maximum absolute atomic E-state index is 12.7. The molecule has 0 atom stereocenters. The minimum atomic E-state index is -4.32. The van der Waals surface area contributed by atoms with Crippen LogP contribution in [0.15, 0.2) is 112 Å². The zero-order valence-electron chi connectivity index (χ0n) is 28.1. The van der Waals surface area contributed by atoms with Crippen LogP contribution in [0.2, 0.25) is 0 Å². The average Bonchev–Trinajstić information content (AvgIpc) is 3.04. The predicted molar refractivity (Wildman–Crippen MR) is 186 cm³/mol. The molecule has 0 amide bonds. The van der Waals surface area contributed by atoms with Gasteiger partial charge < -0.3 is 24.1 Å². The zero-order chi connectivity index (χ0) is 39.7. The van der Waals surface area contributed by atoms with Crippen molar-refractivity contribution in [2.24, 2.45) is 0 Å². The Labute approximate surface area is 304 Å². The monoisotopic (exact) mass is 798 g/mol. The Morgan fingerprint density at radius 1 is 0.491 bits per heavy atom. The molecule has 0 saturated heterocycles. The van der Waals surface area contributed by atoms with Crippen molar-refractivity contribution in [3.63, 3.8) is 0 Å². The van der Waals surface area contributed by atoms with Crippen LogP contribution < -0.4 is 18.9 Å². The van der Waals surface area contributed by atoms with Crippen molar-refractivity contribution in [3.8, 4) is 40.2 Å². The molecule has 0 aliphatic rings. The van der Waals surface area contributed by atoms with E-state index >= 15 is 0 Å². The molecule has 5 aromatic rings. The van der Waals surface area contributed by atoms with E-state index in [1.165, 1.54) is 87.0 Å². The molecule has 0 radical (unpaired) electrons. The lowest BCUT2D eigenvalue weighted by Crippen LogP contribution is -1.99. The molecule has 53 heavy (non-hydrogen) atoms. The van der Waals surface area contributed by atoms with E-state index in [1.807, 2.05) is 0 Å². The van der Waals surface area contributed by atoms with Crippen molar-refractivity contribution in [3.05, 3.63) is 120 Å². The van der Waals surface area contributed by atoms with Gasteiger partial charge in [-0.15, -0.1) is 0 Å². The molecule has 0 spiro atoms. The van der Waals surface area contributed by atoms with Crippen molar-refractivity contribution in [2.45, 2.75) is 28.5 Å². The number of phenolic OH excluding ortho intramolecular Hbond substituents is 1. The minimum Gasteiger partial charge on any atom is -0.508 e. The van der Waals surface area contributed by atoms with Crippen molar-refractivity contribution in [1.29, 1.82) is 0 Å². The lowest BCUT2D eigenvalue weighted by Gasteiger charge is -2.16. The molecule has 0 aliphatic carbocycles. The van der Waals surface area contributed by atoms with Gasteiger partial charge in [-0.25, -0.2) is 8.78 Å². The molecular weight excluding hydrogens is 767 g/mol. The molecule has 0 heterocycles. The second-order valence-electron chi connectivity index (χ2n) is 10.6.